The molecule has 6 aromatic rings. The van der Waals surface area contributed by atoms with Crippen LogP contribution in [-0.4, -0.2) is 214 Å². The number of amides is 6. The Labute approximate surface area is 781 Å². The minimum Gasteiger partial charge on any atom is -0.395 e. The van der Waals surface area contributed by atoms with E-state index in [1.54, 1.807) is 48.5 Å². The number of piperidine rings is 6. The number of aromatic nitrogens is 12. The van der Waals surface area contributed by atoms with Crippen LogP contribution in [0.5, 0.6) is 0 Å². The number of likely N-dealkylation sites (tertiary alicyclic amines) is 6. The standard InChI is InChI=1S/C18H28N4O.C18H31N3O2.C18H31N3O.C17H26N4O.C17H29N3O.C15H25N3O/c1-14(2)10-15-11-20-22(12-15)18(5)6-8-21(9-7-18)16(23)17(3,4)13-19;1-14(2)10-15-11-19-21(12-15)18(5)6-8-20(9-7-18)16(23)17(3,4)13-22;1-14(2)11-15-12-19-21(13-15)18(6)7-9-20(10-8-18)16(22)17(3,4)5;1-13(2)9-14-10-19-21(11-14)15-5-7-20(8-6-15)16(22)17(3,4)12-18;1-13(2)10-14-11-18-20(12-14)15-6-8-19(9-7-15)16(21)17(3,4)5;1-12(2)9-14-10-16-18(11-14)15(4)5-7-17(8-6-15)13(3)19/h11-12,14H,6-10H2,1-5H3;11-12,14,22H,6-10,13H2,1-5H3;12-14H,7-11H2,1-6H3;10-11,13,15H,5-9H2,1-4H3;11-13,15H,6-10H2,1-5H3;10-12H,5-9H2,1-4H3. The number of nitrogens with zero attached hydrogens (tertiary/aromatic N) is 20. The molecule has 0 saturated carbocycles. The quantitative estimate of drug-likeness (QED) is 0.0661. The van der Waals surface area contributed by atoms with Gasteiger partial charge in [0.2, 0.25) is 35.4 Å². The highest BCUT2D eigenvalue weighted by Crippen LogP contribution is 2.38. The SMILES string of the molecule is CC(=O)N1CCC(C)(n2cc(CC(C)C)cn2)CC1.CC(C)Cc1cnn(C2(C)CCN(C(=O)C(C)(C)C#N)CC2)c1.CC(C)Cc1cnn(C2(C)CCN(C(=O)C(C)(C)C)CC2)c1.CC(C)Cc1cnn(C2(C)CCN(C(=O)C(C)(C)CO)CC2)c1.CC(C)Cc1cnn(C2CCN(C(=O)C(C)(C)C#N)CC2)c1.CC(C)Cc1cnn(C2CCN(C(=O)C(C)(C)C)CC2)c1. The third kappa shape index (κ3) is 30.8. The zero-order valence-corrected chi connectivity index (χ0v) is 85.8. The molecule has 0 spiro atoms. The highest BCUT2D eigenvalue weighted by molar-refractivity contribution is 5.86. The average Bonchev–Trinajstić information content (AvgIpc) is 1.50. The molecule has 6 saturated heterocycles. The number of carbonyl (C=O) groups excluding carboxylic acids is 6. The van der Waals surface area contributed by atoms with Crippen molar-refractivity contribution in [1.29, 1.82) is 10.5 Å². The molecule has 0 aliphatic carbocycles. The summed E-state index contributed by atoms with van der Waals surface area (Å²) >= 11 is 0. The lowest BCUT2D eigenvalue weighted by molar-refractivity contribution is -0.144. The molecular formula is C103H170N20O7. The van der Waals surface area contributed by atoms with Gasteiger partial charge < -0.3 is 34.5 Å². The maximum Gasteiger partial charge on any atom is 0.242 e. The zero-order chi connectivity index (χ0) is 97.0. The van der Waals surface area contributed by atoms with Gasteiger partial charge in [0.25, 0.3) is 0 Å². The van der Waals surface area contributed by atoms with Crippen LogP contribution in [0.1, 0.15) is 323 Å². The Kier molecular flexibility index (Phi) is 38.3. The average molecular weight is 1800 g/mol. The van der Waals surface area contributed by atoms with Gasteiger partial charge in [-0.3, -0.25) is 56.9 Å². The number of rotatable bonds is 22. The van der Waals surface area contributed by atoms with Crippen molar-refractivity contribution >= 4 is 35.4 Å². The van der Waals surface area contributed by atoms with Crippen molar-refractivity contribution in [2.45, 2.75) is 351 Å². The minimum absolute atomic E-state index is 0.0316. The van der Waals surface area contributed by atoms with Crippen molar-refractivity contribution in [1.82, 2.24) is 88.1 Å². The molecule has 724 valence electrons. The van der Waals surface area contributed by atoms with E-state index in [0.29, 0.717) is 73.8 Å². The van der Waals surface area contributed by atoms with E-state index in [4.69, 9.17) is 10.5 Å². The van der Waals surface area contributed by atoms with Crippen LogP contribution in [-0.2, 0) is 89.4 Å². The van der Waals surface area contributed by atoms with E-state index in [1.807, 2.05) is 108 Å². The van der Waals surface area contributed by atoms with E-state index >= 15 is 0 Å². The molecular weight excluding hydrogens is 1630 g/mol. The van der Waals surface area contributed by atoms with Gasteiger partial charge in [-0.1, -0.05) is 125 Å². The molecule has 27 heteroatoms. The van der Waals surface area contributed by atoms with E-state index < -0.39 is 16.2 Å². The first-order chi connectivity index (χ1) is 60.5. The number of carbonyl (C=O) groups is 6. The fraction of sp³-hybridized carbons (Fsp3) is 0.748. The van der Waals surface area contributed by atoms with Gasteiger partial charge in [0, 0.05) is 133 Å². The Morgan fingerprint density at radius 1 is 0.338 bits per heavy atom. The van der Waals surface area contributed by atoms with Crippen LogP contribution < -0.4 is 0 Å². The van der Waals surface area contributed by atoms with Crippen LogP contribution >= 0.6 is 0 Å². The molecule has 12 heterocycles. The summed E-state index contributed by atoms with van der Waals surface area (Å²) in [5, 5.41) is 54.9. The van der Waals surface area contributed by atoms with Gasteiger partial charge in [0.1, 0.15) is 10.8 Å². The third-order valence-electron chi connectivity index (χ3n) is 26.7. The van der Waals surface area contributed by atoms with Crippen molar-refractivity contribution in [2.75, 3.05) is 85.1 Å². The molecule has 130 heavy (non-hydrogen) atoms. The molecule has 0 atom stereocenters. The third-order valence-corrected chi connectivity index (χ3v) is 26.7. The van der Waals surface area contributed by atoms with E-state index in [1.165, 1.54) is 33.4 Å². The summed E-state index contributed by atoms with van der Waals surface area (Å²) in [5.41, 5.74) is 4.64. The van der Waals surface area contributed by atoms with Crippen molar-refractivity contribution < 1.29 is 33.9 Å². The maximum absolute atomic E-state index is 12.5. The van der Waals surface area contributed by atoms with Crippen LogP contribution in [0.2, 0.25) is 0 Å². The molecule has 6 aliphatic rings. The van der Waals surface area contributed by atoms with Gasteiger partial charge in [0.15, 0.2) is 0 Å². The molecule has 0 unspecified atom stereocenters. The second-order valence-corrected chi connectivity index (χ2v) is 45.9. The van der Waals surface area contributed by atoms with Crippen molar-refractivity contribution in [3.63, 3.8) is 0 Å². The Morgan fingerprint density at radius 2 is 0.546 bits per heavy atom. The van der Waals surface area contributed by atoms with Crippen molar-refractivity contribution in [3.8, 4) is 12.1 Å². The predicted molar refractivity (Wildman–Crippen MR) is 516 cm³/mol. The van der Waals surface area contributed by atoms with Crippen LogP contribution in [0.3, 0.4) is 0 Å². The van der Waals surface area contributed by atoms with Gasteiger partial charge in [-0.15, -0.1) is 0 Å². The summed E-state index contributed by atoms with van der Waals surface area (Å²) < 4.78 is 12.6. The topological polar surface area (TPSA) is 297 Å². The van der Waals surface area contributed by atoms with E-state index in [0.717, 1.165) is 168 Å². The summed E-state index contributed by atoms with van der Waals surface area (Å²) in [6, 6.07) is 4.99. The lowest BCUT2D eigenvalue weighted by Gasteiger charge is -2.41. The van der Waals surface area contributed by atoms with E-state index in [9.17, 15) is 33.9 Å². The lowest BCUT2D eigenvalue weighted by Crippen LogP contribution is -2.51. The number of nitriles is 2. The van der Waals surface area contributed by atoms with Gasteiger partial charge in [-0.05, 0) is 254 Å². The molecule has 6 fully saturated rings. The van der Waals surface area contributed by atoms with Crippen LogP contribution in [0.15, 0.2) is 74.4 Å². The maximum atomic E-state index is 12.5. The van der Waals surface area contributed by atoms with Crippen LogP contribution in [0, 0.1) is 85.2 Å². The Bertz CT molecular complexity index is 4630. The molecule has 6 amide bonds. The molecule has 27 nitrogen and oxygen atoms in total. The fourth-order valence-electron chi connectivity index (χ4n) is 18.0. The normalized spacial score (nSPS) is 18.1. The number of hydrogen-bond donors (Lipinski definition) is 1. The van der Waals surface area contributed by atoms with Crippen LogP contribution in [0.4, 0.5) is 0 Å². The van der Waals surface area contributed by atoms with Gasteiger partial charge >= 0.3 is 0 Å². The number of aliphatic hydroxyl groups is 1. The first-order valence-corrected chi connectivity index (χ1v) is 48.9. The van der Waals surface area contributed by atoms with Gasteiger partial charge in [0.05, 0.1) is 95.6 Å². The molecule has 0 bridgehead atoms. The molecule has 0 radical (unpaired) electrons. The largest absolute Gasteiger partial charge is 0.395 e. The second kappa shape index (κ2) is 46.1. The highest BCUT2D eigenvalue weighted by Gasteiger charge is 2.43. The predicted octanol–water partition coefficient (Wildman–Crippen LogP) is 17.4. The summed E-state index contributed by atoms with van der Waals surface area (Å²) in [6.45, 7) is 68.7. The van der Waals surface area contributed by atoms with Gasteiger partial charge in [-0.25, -0.2) is 0 Å². The molecule has 6 aliphatic heterocycles. The summed E-state index contributed by atoms with van der Waals surface area (Å²) in [4.78, 5) is 84.7. The molecule has 1 N–H and O–H groups in total. The summed E-state index contributed by atoms with van der Waals surface area (Å²) in [5.74, 6) is 4.47. The highest BCUT2D eigenvalue weighted by atomic mass is 16.3. The lowest BCUT2D eigenvalue weighted by atomic mass is 9.87. The number of hydrogen-bond acceptors (Lipinski definition) is 15. The van der Waals surface area contributed by atoms with E-state index in [-0.39, 0.29) is 75.0 Å². The molecule has 0 aromatic carbocycles. The van der Waals surface area contributed by atoms with Crippen molar-refractivity contribution in [3.05, 3.63) is 108 Å². The number of aliphatic hydroxyl groups excluding tert-OH is 1. The second-order valence-electron chi connectivity index (χ2n) is 45.9. The van der Waals surface area contributed by atoms with Crippen molar-refractivity contribution in [2.24, 2.45) is 62.6 Å². The Balaban J connectivity index is 0.000000214. The first-order valence-electron chi connectivity index (χ1n) is 48.9. The monoisotopic (exact) mass is 1800 g/mol. The smallest absolute Gasteiger partial charge is 0.242 e. The van der Waals surface area contributed by atoms with Gasteiger partial charge in [-0.2, -0.15) is 41.1 Å². The Morgan fingerprint density at radius 3 is 0.769 bits per heavy atom. The Hall–Kier alpha value is -8.98. The minimum atomic E-state index is -0.941. The summed E-state index contributed by atoms with van der Waals surface area (Å²) in [7, 11) is 0. The first kappa shape index (κ1) is 108. The van der Waals surface area contributed by atoms with Crippen LogP contribution in [0.25, 0.3) is 0 Å². The summed E-state index contributed by atoms with van der Waals surface area (Å²) in [6.07, 6.45) is 42.5. The fourth-order valence-corrected chi connectivity index (χ4v) is 18.0. The molecule has 6 aromatic heterocycles. The zero-order valence-electron chi connectivity index (χ0n) is 85.8. The van der Waals surface area contributed by atoms with E-state index in [2.05, 4.69) is 219 Å². The molecule has 12 rings (SSSR count).